The normalized spacial score (nSPS) is 13.3. The topological polar surface area (TPSA) is 26.0 Å². The molecular weight excluding hydrogens is 196 g/mol. The van der Waals surface area contributed by atoms with Crippen molar-refractivity contribution in [2.75, 3.05) is 0 Å². The van der Waals surface area contributed by atoms with Crippen molar-refractivity contribution in [2.24, 2.45) is 5.73 Å². The average Bonchev–Trinajstić information content (AvgIpc) is 2.27. The summed E-state index contributed by atoms with van der Waals surface area (Å²) in [6, 6.07) is 11.5. The first-order chi connectivity index (χ1) is 7.20. The van der Waals surface area contributed by atoms with Gasteiger partial charge in [0.25, 0.3) is 6.43 Å². The zero-order chi connectivity index (χ0) is 10.8. The molecule has 0 aliphatic carbocycles. The number of halogens is 2. The van der Waals surface area contributed by atoms with Crippen LogP contribution in [-0.2, 0) is 0 Å². The molecule has 0 aliphatic heterocycles. The minimum atomic E-state index is -2.53. The maximum atomic E-state index is 12.5. The molecule has 0 fully saturated rings. The van der Waals surface area contributed by atoms with Gasteiger partial charge in [0.05, 0.1) is 6.04 Å². The molecule has 2 aromatic rings. The van der Waals surface area contributed by atoms with Crippen molar-refractivity contribution >= 4 is 10.8 Å². The Morgan fingerprint density at radius 2 is 1.60 bits per heavy atom. The van der Waals surface area contributed by atoms with Gasteiger partial charge in [-0.05, 0) is 16.3 Å². The molecule has 2 N–H and O–H groups in total. The highest BCUT2D eigenvalue weighted by Gasteiger charge is 2.18. The van der Waals surface area contributed by atoms with Gasteiger partial charge >= 0.3 is 0 Å². The largest absolute Gasteiger partial charge is 0.319 e. The molecule has 3 heteroatoms. The molecule has 0 saturated carbocycles. The lowest BCUT2D eigenvalue weighted by atomic mass is 9.99. The van der Waals surface area contributed by atoms with Gasteiger partial charge in [-0.1, -0.05) is 42.5 Å². The van der Waals surface area contributed by atoms with Gasteiger partial charge < -0.3 is 5.73 Å². The Labute approximate surface area is 86.5 Å². The Morgan fingerprint density at radius 3 is 2.33 bits per heavy atom. The summed E-state index contributed by atoms with van der Waals surface area (Å²) in [5.41, 5.74) is 5.96. The Bertz CT molecular complexity index is 463. The van der Waals surface area contributed by atoms with Crippen molar-refractivity contribution < 1.29 is 8.78 Å². The molecular formula is C12H11F2N. The third-order valence-electron chi connectivity index (χ3n) is 2.45. The molecule has 0 amide bonds. The molecule has 0 bridgehead atoms. The number of benzene rings is 2. The van der Waals surface area contributed by atoms with E-state index in [0.29, 0.717) is 5.56 Å². The van der Waals surface area contributed by atoms with Gasteiger partial charge in [0, 0.05) is 0 Å². The fraction of sp³-hybridized carbons (Fsp3) is 0.167. The summed E-state index contributed by atoms with van der Waals surface area (Å²) in [5, 5.41) is 1.74. The van der Waals surface area contributed by atoms with Crippen molar-refractivity contribution in [3.05, 3.63) is 48.0 Å². The van der Waals surface area contributed by atoms with Crippen molar-refractivity contribution in [1.82, 2.24) is 0 Å². The van der Waals surface area contributed by atoms with Crippen LogP contribution in [0.5, 0.6) is 0 Å². The monoisotopic (exact) mass is 207 g/mol. The van der Waals surface area contributed by atoms with E-state index in [1.807, 2.05) is 30.3 Å². The lowest BCUT2D eigenvalue weighted by molar-refractivity contribution is 0.117. The third kappa shape index (κ3) is 1.83. The van der Waals surface area contributed by atoms with Crippen molar-refractivity contribution in [3.8, 4) is 0 Å². The summed E-state index contributed by atoms with van der Waals surface area (Å²) in [5.74, 6) is 0. The molecule has 0 aromatic heterocycles. The van der Waals surface area contributed by atoms with Crippen LogP contribution < -0.4 is 5.73 Å². The van der Waals surface area contributed by atoms with E-state index in [9.17, 15) is 8.78 Å². The highest BCUT2D eigenvalue weighted by atomic mass is 19.3. The number of hydrogen-bond acceptors (Lipinski definition) is 1. The van der Waals surface area contributed by atoms with Gasteiger partial charge in [-0.3, -0.25) is 0 Å². The van der Waals surface area contributed by atoms with Crippen LogP contribution in [0.25, 0.3) is 10.8 Å². The second kappa shape index (κ2) is 3.95. The molecule has 0 aliphatic rings. The number of hydrogen-bond donors (Lipinski definition) is 1. The molecule has 2 rings (SSSR count). The van der Waals surface area contributed by atoms with Gasteiger partial charge in [0.15, 0.2) is 0 Å². The molecule has 0 saturated heterocycles. The predicted molar refractivity (Wildman–Crippen MR) is 56.9 cm³/mol. The molecule has 0 heterocycles. The van der Waals surface area contributed by atoms with Crippen molar-refractivity contribution in [2.45, 2.75) is 12.5 Å². The average molecular weight is 207 g/mol. The molecule has 78 valence electrons. The van der Waals surface area contributed by atoms with Crippen molar-refractivity contribution in [3.63, 3.8) is 0 Å². The van der Waals surface area contributed by atoms with Crippen LogP contribution in [-0.4, -0.2) is 6.43 Å². The highest BCUT2D eigenvalue weighted by molar-refractivity contribution is 5.86. The molecule has 0 unspecified atom stereocenters. The van der Waals surface area contributed by atoms with Crippen LogP contribution >= 0.6 is 0 Å². The maximum absolute atomic E-state index is 12.5. The van der Waals surface area contributed by atoms with Crippen LogP contribution in [0.15, 0.2) is 42.5 Å². The fourth-order valence-electron chi connectivity index (χ4n) is 1.68. The Hall–Kier alpha value is -1.48. The lowest BCUT2D eigenvalue weighted by Gasteiger charge is -2.13. The predicted octanol–water partition coefficient (Wildman–Crippen LogP) is 3.10. The number of nitrogens with two attached hydrogens (primary N) is 1. The number of rotatable bonds is 2. The van der Waals surface area contributed by atoms with Crippen LogP contribution in [0.4, 0.5) is 8.78 Å². The van der Waals surface area contributed by atoms with E-state index in [0.717, 1.165) is 10.8 Å². The summed E-state index contributed by atoms with van der Waals surface area (Å²) in [6.07, 6.45) is -2.53. The molecule has 1 nitrogen and oxygen atoms in total. The molecule has 2 aromatic carbocycles. The molecule has 0 radical (unpaired) electrons. The fourth-order valence-corrected chi connectivity index (χ4v) is 1.68. The standard InChI is InChI=1S/C12H11F2N/c13-12(14)11(15)10-7-3-5-8-4-1-2-6-9(8)10/h1-7,11-12H,15H2/t11-/m1/s1. The summed E-state index contributed by atoms with van der Waals surface area (Å²) in [7, 11) is 0. The minimum absolute atomic E-state index is 0.503. The van der Waals surface area contributed by atoms with Gasteiger partial charge in [0.1, 0.15) is 0 Å². The highest BCUT2D eigenvalue weighted by Crippen LogP contribution is 2.26. The maximum Gasteiger partial charge on any atom is 0.257 e. The van der Waals surface area contributed by atoms with Gasteiger partial charge in [-0.2, -0.15) is 0 Å². The van der Waals surface area contributed by atoms with E-state index in [4.69, 9.17) is 5.73 Å². The van der Waals surface area contributed by atoms with E-state index in [1.54, 1.807) is 12.1 Å². The summed E-state index contributed by atoms with van der Waals surface area (Å²) in [6.45, 7) is 0. The van der Waals surface area contributed by atoms with E-state index in [2.05, 4.69) is 0 Å². The minimum Gasteiger partial charge on any atom is -0.319 e. The smallest absolute Gasteiger partial charge is 0.257 e. The zero-order valence-electron chi connectivity index (χ0n) is 8.03. The second-order valence-corrected chi connectivity index (χ2v) is 3.43. The zero-order valence-corrected chi connectivity index (χ0v) is 8.03. The Balaban J connectivity index is 2.60. The number of fused-ring (bicyclic) bond motifs is 1. The third-order valence-corrected chi connectivity index (χ3v) is 2.45. The van der Waals surface area contributed by atoms with Gasteiger partial charge in [-0.25, -0.2) is 8.78 Å². The SMILES string of the molecule is N[C@H](c1cccc2ccccc12)C(F)F. The Kier molecular flexibility index (Phi) is 2.64. The van der Waals surface area contributed by atoms with Crippen LogP contribution in [0.1, 0.15) is 11.6 Å². The first-order valence-electron chi connectivity index (χ1n) is 4.71. The molecule has 1 atom stereocenters. The van der Waals surface area contributed by atoms with E-state index in [1.165, 1.54) is 0 Å². The second-order valence-electron chi connectivity index (χ2n) is 3.43. The van der Waals surface area contributed by atoms with E-state index in [-0.39, 0.29) is 0 Å². The first kappa shape index (κ1) is 10.1. The van der Waals surface area contributed by atoms with Crippen LogP contribution in [0, 0.1) is 0 Å². The molecule has 0 spiro atoms. The lowest BCUT2D eigenvalue weighted by Crippen LogP contribution is -2.19. The van der Waals surface area contributed by atoms with Gasteiger partial charge in [-0.15, -0.1) is 0 Å². The summed E-state index contributed by atoms with van der Waals surface area (Å²) in [4.78, 5) is 0. The van der Waals surface area contributed by atoms with Crippen molar-refractivity contribution in [1.29, 1.82) is 0 Å². The van der Waals surface area contributed by atoms with Gasteiger partial charge in [0.2, 0.25) is 0 Å². The summed E-state index contributed by atoms with van der Waals surface area (Å²) >= 11 is 0. The van der Waals surface area contributed by atoms with E-state index >= 15 is 0 Å². The van der Waals surface area contributed by atoms with E-state index < -0.39 is 12.5 Å². The number of alkyl halides is 2. The quantitative estimate of drug-likeness (QED) is 0.804. The van der Waals surface area contributed by atoms with Crippen LogP contribution in [0.2, 0.25) is 0 Å². The Morgan fingerprint density at radius 1 is 0.933 bits per heavy atom. The molecule has 15 heavy (non-hydrogen) atoms. The summed E-state index contributed by atoms with van der Waals surface area (Å²) < 4.78 is 25.0. The first-order valence-corrected chi connectivity index (χ1v) is 4.71. The van der Waals surface area contributed by atoms with Crippen LogP contribution in [0.3, 0.4) is 0 Å².